The average molecular weight is 535 g/mol. The molecule has 2 aromatic heterocycles. The van der Waals surface area contributed by atoms with E-state index in [0.717, 1.165) is 16.8 Å². The molecule has 4 aromatic rings. The first-order valence-corrected chi connectivity index (χ1v) is 12.0. The maximum Gasteiger partial charge on any atom is 0.269 e. The van der Waals surface area contributed by atoms with Gasteiger partial charge in [0.05, 0.1) is 32.2 Å². The highest BCUT2D eigenvalue weighted by molar-refractivity contribution is 5.64. The van der Waals surface area contributed by atoms with Crippen LogP contribution in [0.5, 0.6) is 11.5 Å². The summed E-state index contributed by atoms with van der Waals surface area (Å²) in [5, 5.41) is 17.8. The molecule has 9 heteroatoms. The van der Waals surface area contributed by atoms with Gasteiger partial charge in [-0.1, -0.05) is 30.3 Å². The summed E-state index contributed by atoms with van der Waals surface area (Å²) >= 11 is 0. The Morgan fingerprint density at radius 2 is 1.20 bits per heavy atom. The minimum atomic E-state index is -0.472. The lowest BCUT2D eigenvalue weighted by molar-refractivity contribution is -0.108. The second-order valence-corrected chi connectivity index (χ2v) is 8.24. The predicted molar refractivity (Wildman–Crippen MR) is 151 cm³/mol. The Balaban J connectivity index is 0.000000220. The van der Waals surface area contributed by atoms with E-state index in [-0.39, 0.29) is 23.2 Å². The molecule has 40 heavy (non-hydrogen) atoms. The van der Waals surface area contributed by atoms with E-state index in [0.29, 0.717) is 30.0 Å². The molecule has 9 nitrogen and oxygen atoms in total. The highest BCUT2D eigenvalue weighted by Gasteiger charge is 2.11. The lowest BCUT2D eigenvalue weighted by atomic mass is 10.1. The summed E-state index contributed by atoms with van der Waals surface area (Å²) in [6.07, 6.45) is 2.26. The number of carbonyl (C=O) groups is 1. The van der Waals surface area contributed by atoms with E-state index >= 15 is 0 Å². The molecule has 0 fully saturated rings. The van der Waals surface area contributed by atoms with Crippen LogP contribution >= 0.6 is 0 Å². The van der Waals surface area contributed by atoms with E-state index in [1.807, 2.05) is 42.5 Å². The highest BCUT2D eigenvalue weighted by Crippen LogP contribution is 2.24. The molecule has 0 spiro atoms. The molecule has 0 aliphatic heterocycles. The van der Waals surface area contributed by atoms with Crippen LogP contribution in [0.2, 0.25) is 0 Å². The van der Waals surface area contributed by atoms with Crippen molar-refractivity contribution >= 4 is 6.29 Å². The molecule has 2 aromatic carbocycles. The number of methoxy groups -OCH3 is 2. The van der Waals surface area contributed by atoms with Crippen LogP contribution in [-0.4, -0.2) is 29.6 Å². The summed E-state index contributed by atoms with van der Waals surface area (Å²) < 4.78 is 13.1. The zero-order chi connectivity index (χ0) is 29.1. The number of hydrogen-bond donors (Lipinski definition) is 0. The van der Waals surface area contributed by atoms with Gasteiger partial charge in [0, 0.05) is 17.7 Å². The van der Waals surface area contributed by atoms with Gasteiger partial charge in [-0.3, -0.25) is 9.59 Å². The standard InChI is InChI=1S/C16H14N2O2.C15H12N2O3/c1-3-9-18-15(8-7-13(11-17)16(18)19)12-5-4-6-14(10-12)20-2;1-20-13-4-2-3-11(9-13)14-6-5-12(10-16)15(19)17(14)7-8-18/h3-8,10H,1,9H2,2H3;2-6,8-9H,7H2,1H3. The number of hydrogen-bond acceptors (Lipinski definition) is 7. The molecular weight excluding hydrogens is 508 g/mol. The van der Waals surface area contributed by atoms with Crippen molar-refractivity contribution in [3.63, 3.8) is 0 Å². The first kappa shape index (κ1) is 28.9. The third-order valence-corrected chi connectivity index (χ3v) is 5.89. The summed E-state index contributed by atoms with van der Waals surface area (Å²) in [6.45, 7) is 3.91. The molecule has 2 heterocycles. The predicted octanol–water partition coefficient (Wildman–Crippen LogP) is 4.18. The number of rotatable bonds is 8. The summed E-state index contributed by atoms with van der Waals surface area (Å²) in [6, 6.07) is 24.7. The SMILES string of the molecule is C=CCn1c(-c2cccc(OC)c2)ccc(C#N)c1=O.COc1cccc(-c2ccc(C#N)c(=O)n2CC=O)c1. The molecule has 0 N–H and O–H groups in total. The molecule has 0 saturated heterocycles. The lowest BCUT2D eigenvalue weighted by Crippen LogP contribution is -2.24. The largest absolute Gasteiger partial charge is 0.497 e. The number of aldehydes is 1. The van der Waals surface area contributed by atoms with Gasteiger partial charge in [0.2, 0.25) is 0 Å². The van der Waals surface area contributed by atoms with E-state index < -0.39 is 5.56 Å². The molecule has 0 aliphatic rings. The van der Waals surface area contributed by atoms with E-state index in [9.17, 15) is 14.4 Å². The minimum absolute atomic E-state index is 0.0125. The Kier molecular flexibility index (Phi) is 9.93. The highest BCUT2D eigenvalue weighted by atomic mass is 16.5. The Morgan fingerprint density at radius 1 is 0.750 bits per heavy atom. The van der Waals surface area contributed by atoms with Gasteiger partial charge in [-0.15, -0.1) is 6.58 Å². The summed E-state index contributed by atoms with van der Waals surface area (Å²) in [5.41, 5.74) is 2.25. The van der Waals surface area contributed by atoms with E-state index in [1.54, 1.807) is 50.6 Å². The second kappa shape index (κ2) is 13.8. The van der Waals surface area contributed by atoms with Crippen molar-refractivity contribution < 1.29 is 14.3 Å². The third kappa shape index (κ3) is 6.42. The third-order valence-electron chi connectivity index (χ3n) is 5.89. The molecule has 0 unspecified atom stereocenters. The van der Waals surface area contributed by atoms with Gasteiger partial charge in [-0.05, 0) is 48.5 Å². The molecule has 0 bridgehead atoms. The van der Waals surface area contributed by atoms with Crippen molar-refractivity contribution in [3.05, 3.63) is 117 Å². The fourth-order valence-electron chi connectivity index (χ4n) is 3.96. The molecule has 0 radical (unpaired) electrons. The quantitative estimate of drug-likeness (QED) is 0.245. The van der Waals surface area contributed by atoms with Crippen LogP contribution < -0.4 is 20.6 Å². The van der Waals surface area contributed by atoms with Crippen LogP contribution in [0.4, 0.5) is 0 Å². The number of carbonyl (C=O) groups excluding carboxylic acids is 1. The fraction of sp³-hybridized carbons (Fsp3) is 0.129. The van der Waals surface area contributed by atoms with Crippen molar-refractivity contribution in [1.29, 1.82) is 10.5 Å². The van der Waals surface area contributed by atoms with Crippen LogP contribution in [0.3, 0.4) is 0 Å². The van der Waals surface area contributed by atoms with Crippen molar-refractivity contribution in [2.75, 3.05) is 14.2 Å². The van der Waals surface area contributed by atoms with Crippen molar-refractivity contribution in [2.24, 2.45) is 0 Å². The lowest BCUT2D eigenvalue weighted by Gasteiger charge is -2.12. The maximum atomic E-state index is 12.2. The number of benzene rings is 2. The summed E-state index contributed by atoms with van der Waals surface area (Å²) in [5.74, 6) is 1.36. The van der Waals surface area contributed by atoms with Crippen LogP contribution in [0, 0.1) is 22.7 Å². The van der Waals surface area contributed by atoms with Crippen molar-refractivity contribution in [1.82, 2.24) is 9.13 Å². The Morgan fingerprint density at radius 3 is 1.57 bits per heavy atom. The van der Waals surface area contributed by atoms with Crippen LogP contribution in [0.15, 0.2) is 95.0 Å². The van der Waals surface area contributed by atoms with Gasteiger partial charge in [-0.2, -0.15) is 10.5 Å². The normalized spacial score (nSPS) is 9.80. The Hall–Kier alpha value is -5.67. The van der Waals surface area contributed by atoms with Gasteiger partial charge in [-0.25, -0.2) is 0 Å². The number of pyridine rings is 2. The molecule has 0 aliphatic carbocycles. The summed E-state index contributed by atoms with van der Waals surface area (Å²) in [4.78, 5) is 35.1. The molecular formula is C31H26N4O5. The number of aromatic nitrogens is 2. The van der Waals surface area contributed by atoms with Gasteiger partial charge in [0.25, 0.3) is 11.1 Å². The van der Waals surface area contributed by atoms with Gasteiger partial charge < -0.3 is 23.4 Å². The van der Waals surface area contributed by atoms with Gasteiger partial charge in [0.1, 0.15) is 41.1 Å². The van der Waals surface area contributed by atoms with Crippen molar-refractivity contribution in [3.8, 4) is 46.2 Å². The van der Waals surface area contributed by atoms with E-state index in [4.69, 9.17) is 20.0 Å². The molecule has 0 atom stereocenters. The number of allylic oxidation sites excluding steroid dienone is 1. The van der Waals surface area contributed by atoms with Crippen LogP contribution in [0.1, 0.15) is 11.1 Å². The first-order valence-electron chi connectivity index (χ1n) is 12.0. The van der Waals surface area contributed by atoms with Gasteiger partial charge in [0.15, 0.2) is 0 Å². The number of nitriles is 2. The molecule has 0 saturated carbocycles. The molecule has 4 rings (SSSR count). The maximum absolute atomic E-state index is 12.2. The van der Waals surface area contributed by atoms with E-state index in [2.05, 4.69) is 6.58 Å². The number of nitrogens with zero attached hydrogens (tertiary/aromatic N) is 4. The van der Waals surface area contributed by atoms with Crippen LogP contribution in [-0.2, 0) is 17.9 Å². The molecule has 0 amide bonds. The Labute approximate surface area is 231 Å². The summed E-state index contributed by atoms with van der Waals surface area (Å²) in [7, 11) is 3.14. The Bertz CT molecular complexity index is 1610. The fourth-order valence-corrected chi connectivity index (χ4v) is 3.96. The zero-order valence-corrected chi connectivity index (χ0v) is 22.0. The monoisotopic (exact) mass is 534 g/mol. The molecule has 200 valence electrons. The van der Waals surface area contributed by atoms with Crippen LogP contribution in [0.25, 0.3) is 22.5 Å². The van der Waals surface area contributed by atoms with E-state index in [1.165, 1.54) is 21.3 Å². The minimum Gasteiger partial charge on any atom is -0.497 e. The smallest absolute Gasteiger partial charge is 0.269 e. The van der Waals surface area contributed by atoms with Crippen molar-refractivity contribution in [2.45, 2.75) is 13.1 Å². The number of ether oxygens (including phenoxy) is 2. The zero-order valence-electron chi connectivity index (χ0n) is 22.0. The topological polar surface area (TPSA) is 127 Å². The second-order valence-electron chi connectivity index (χ2n) is 8.24. The first-order chi connectivity index (χ1) is 19.4. The van der Waals surface area contributed by atoms with Gasteiger partial charge >= 0.3 is 0 Å². The average Bonchev–Trinajstić information content (AvgIpc) is 2.99.